The van der Waals surface area contributed by atoms with Gasteiger partial charge < -0.3 is 25.4 Å². The Labute approximate surface area is 166 Å². The van der Waals surface area contributed by atoms with Crippen LogP contribution in [0.25, 0.3) is 0 Å². The second-order valence-corrected chi connectivity index (χ2v) is 5.96. The Balaban J connectivity index is 0.00000312. The lowest BCUT2D eigenvalue weighted by molar-refractivity contribution is -0.119. The van der Waals surface area contributed by atoms with Crippen LogP contribution in [0, 0.1) is 5.92 Å². The first-order chi connectivity index (χ1) is 11.4. The van der Waals surface area contributed by atoms with Gasteiger partial charge in [0.25, 0.3) is 0 Å². The molecule has 3 N–H and O–H groups in total. The lowest BCUT2D eigenvalue weighted by atomic mass is 10.0. The highest BCUT2D eigenvalue weighted by Gasteiger charge is 2.21. The highest BCUT2D eigenvalue weighted by molar-refractivity contribution is 6.02. The average Bonchev–Trinajstić information content (AvgIpc) is 2.61. The fraction of sp³-hybridized carbons (Fsp3) is 0.529. The molecule has 2 unspecified atom stereocenters. The van der Waals surface area contributed by atoms with Crippen molar-refractivity contribution in [1.82, 2.24) is 0 Å². The molecule has 0 aliphatic carbocycles. The molecule has 1 aromatic rings. The van der Waals surface area contributed by atoms with Gasteiger partial charge in [-0.1, -0.05) is 6.92 Å². The lowest BCUT2D eigenvalue weighted by Gasteiger charge is -2.29. The zero-order valence-electron chi connectivity index (χ0n) is 15.2. The van der Waals surface area contributed by atoms with Crippen molar-refractivity contribution in [3.05, 3.63) is 23.8 Å². The number of nitrogens with one attached hydrogen (secondary N) is 1. The molecular weight excluding hydrogens is 381 g/mol. The van der Waals surface area contributed by atoms with E-state index in [0.717, 1.165) is 18.8 Å². The molecule has 2 rings (SSSR count). The molecular formula is C17H27Cl2N3O4. The van der Waals surface area contributed by atoms with Crippen LogP contribution < -0.4 is 16.0 Å². The van der Waals surface area contributed by atoms with E-state index in [2.05, 4.69) is 10.2 Å². The summed E-state index contributed by atoms with van der Waals surface area (Å²) in [4.78, 5) is 26.5. The van der Waals surface area contributed by atoms with Gasteiger partial charge in [0.05, 0.1) is 37.5 Å². The molecule has 1 heterocycles. The maximum Gasteiger partial charge on any atom is 0.340 e. The maximum absolute atomic E-state index is 12.2. The van der Waals surface area contributed by atoms with Crippen molar-refractivity contribution in [2.45, 2.75) is 19.9 Å². The van der Waals surface area contributed by atoms with E-state index < -0.39 is 5.97 Å². The molecule has 26 heavy (non-hydrogen) atoms. The van der Waals surface area contributed by atoms with Gasteiger partial charge in [-0.05, 0) is 25.1 Å². The number of amides is 1. The summed E-state index contributed by atoms with van der Waals surface area (Å²) < 4.78 is 10.2. The summed E-state index contributed by atoms with van der Waals surface area (Å²) in [7, 11) is 1.32. The number of methoxy groups -OCH3 is 1. The summed E-state index contributed by atoms with van der Waals surface area (Å²) in [5, 5.41) is 2.77. The Morgan fingerprint density at radius 1 is 1.23 bits per heavy atom. The lowest BCUT2D eigenvalue weighted by Crippen LogP contribution is -2.36. The highest BCUT2D eigenvalue weighted by Crippen LogP contribution is 2.25. The van der Waals surface area contributed by atoms with Gasteiger partial charge in [0, 0.05) is 24.8 Å². The number of carbonyl (C=O) groups is 2. The topological polar surface area (TPSA) is 93.9 Å². The fourth-order valence-corrected chi connectivity index (χ4v) is 2.42. The van der Waals surface area contributed by atoms with Crippen molar-refractivity contribution in [3.8, 4) is 0 Å². The highest BCUT2D eigenvalue weighted by atomic mass is 35.5. The number of hydrogen-bond acceptors (Lipinski definition) is 6. The van der Waals surface area contributed by atoms with Crippen molar-refractivity contribution < 1.29 is 19.1 Å². The summed E-state index contributed by atoms with van der Waals surface area (Å²) in [5.74, 6) is -1.09. The van der Waals surface area contributed by atoms with E-state index >= 15 is 0 Å². The van der Waals surface area contributed by atoms with Crippen molar-refractivity contribution in [1.29, 1.82) is 0 Å². The first-order valence-electron chi connectivity index (χ1n) is 8.05. The molecule has 1 aromatic carbocycles. The number of benzene rings is 1. The van der Waals surface area contributed by atoms with Gasteiger partial charge >= 0.3 is 5.97 Å². The van der Waals surface area contributed by atoms with Gasteiger partial charge in [-0.2, -0.15) is 0 Å². The third kappa shape index (κ3) is 6.02. The Morgan fingerprint density at radius 2 is 1.85 bits per heavy atom. The van der Waals surface area contributed by atoms with Gasteiger partial charge in [-0.25, -0.2) is 4.79 Å². The van der Waals surface area contributed by atoms with Crippen LogP contribution in [0.5, 0.6) is 0 Å². The monoisotopic (exact) mass is 407 g/mol. The Morgan fingerprint density at radius 3 is 2.38 bits per heavy atom. The summed E-state index contributed by atoms with van der Waals surface area (Å²) in [6, 6.07) is 5.06. The van der Waals surface area contributed by atoms with Crippen LogP contribution in [0.4, 0.5) is 11.4 Å². The minimum absolute atomic E-state index is 0. The normalized spacial score (nSPS) is 15.8. The SMILES string of the molecule is COC(=O)c1cc(N2CCOCC2)ccc1NC(=O)C(C)C(C)N.Cl.Cl. The zero-order chi connectivity index (χ0) is 17.7. The number of hydrogen-bond donors (Lipinski definition) is 2. The van der Waals surface area contributed by atoms with E-state index in [1.807, 2.05) is 6.07 Å². The molecule has 2 atom stereocenters. The van der Waals surface area contributed by atoms with Crippen molar-refractivity contribution >= 4 is 48.1 Å². The predicted octanol–water partition coefficient (Wildman–Crippen LogP) is 2.08. The summed E-state index contributed by atoms with van der Waals surface area (Å²) in [5.41, 5.74) is 7.42. The number of rotatable bonds is 5. The van der Waals surface area contributed by atoms with Crippen LogP contribution >= 0.6 is 24.8 Å². The standard InChI is InChI=1S/C17H25N3O4.2ClH/c1-11(12(2)18)16(21)19-15-5-4-13(10-14(15)17(22)23-3)20-6-8-24-9-7-20;;/h4-5,10-12H,6-9,18H2,1-3H3,(H,19,21);2*1H. The summed E-state index contributed by atoms with van der Waals surface area (Å²) in [6.45, 7) is 6.34. The largest absolute Gasteiger partial charge is 0.465 e. The second-order valence-electron chi connectivity index (χ2n) is 5.96. The molecule has 0 spiro atoms. The fourth-order valence-electron chi connectivity index (χ4n) is 2.42. The van der Waals surface area contributed by atoms with Gasteiger partial charge in [0.1, 0.15) is 0 Å². The molecule has 148 valence electrons. The van der Waals surface area contributed by atoms with Gasteiger partial charge in [-0.3, -0.25) is 4.79 Å². The van der Waals surface area contributed by atoms with Crippen molar-refractivity contribution in [3.63, 3.8) is 0 Å². The smallest absolute Gasteiger partial charge is 0.340 e. The third-order valence-electron chi connectivity index (χ3n) is 4.24. The van der Waals surface area contributed by atoms with Crippen LogP contribution in [-0.2, 0) is 14.3 Å². The van der Waals surface area contributed by atoms with E-state index in [1.165, 1.54) is 7.11 Å². The van der Waals surface area contributed by atoms with E-state index in [4.69, 9.17) is 15.2 Å². The Hall–Kier alpha value is -1.54. The van der Waals surface area contributed by atoms with Crippen molar-refractivity contribution in [2.24, 2.45) is 11.7 Å². The number of carbonyl (C=O) groups excluding carboxylic acids is 2. The molecule has 9 heteroatoms. The molecule has 7 nitrogen and oxygen atoms in total. The molecule has 1 aliphatic rings. The quantitative estimate of drug-likeness (QED) is 0.725. The van der Waals surface area contributed by atoms with Crippen LogP contribution in [0.15, 0.2) is 18.2 Å². The number of nitrogens with zero attached hydrogens (tertiary/aromatic N) is 1. The van der Waals surface area contributed by atoms with Gasteiger partial charge in [0.15, 0.2) is 0 Å². The summed E-state index contributed by atoms with van der Waals surface area (Å²) >= 11 is 0. The molecule has 1 aliphatic heterocycles. The predicted molar refractivity (Wildman–Crippen MR) is 107 cm³/mol. The number of esters is 1. The first kappa shape index (κ1) is 24.5. The molecule has 0 radical (unpaired) electrons. The van der Waals surface area contributed by atoms with Gasteiger partial charge in [-0.15, -0.1) is 24.8 Å². The second kappa shape index (κ2) is 11.2. The average molecular weight is 408 g/mol. The first-order valence-corrected chi connectivity index (χ1v) is 8.05. The van der Waals surface area contributed by atoms with Crippen LogP contribution in [0.1, 0.15) is 24.2 Å². The van der Waals surface area contributed by atoms with Crippen LogP contribution in [-0.4, -0.2) is 51.3 Å². The van der Waals surface area contributed by atoms with Crippen LogP contribution in [0.2, 0.25) is 0 Å². The molecule has 0 saturated carbocycles. The van der Waals surface area contributed by atoms with Crippen molar-refractivity contribution in [2.75, 3.05) is 43.6 Å². The maximum atomic E-state index is 12.2. The van der Waals surface area contributed by atoms with E-state index in [0.29, 0.717) is 24.5 Å². The molecule has 0 aromatic heterocycles. The van der Waals surface area contributed by atoms with E-state index in [-0.39, 0.29) is 42.7 Å². The molecule has 1 fully saturated rings. The number of morpholine rings is 1. The molecule has 0 bridgehead atoms. The third-order valence-corrected chi connectivity index (χ3v) is 4.24. The minimum Gasteiger partial charge on any atom is -0.465 e. The zero-order valence-corrected chi connectivity index (χ0v) is 16.8. The Kier molecular flexibility index (Phi) is 10.6. The van der Waals surface area contributed by atoms with Crippen LogP contribution in [0.3, 0.4) is 0 Å². The Bertz CT molecular complexity index is 608. The minimum atomic E-state index is -0.492. The number of nitrogens with two attached hydrogens (primary N) is 1. The number of anilines is 2. The van der Waals surface area contributed by atoms with E-state index in [1.54, 1.807) is 26.0 Å². The number of halogens is 2. The molecule has 1 amide bonds. The number of ether oxygens (including phenoxy) is 2. The molecule has 1 saturated heterocycles. The van der Waals surface area contributed by atoms with E-state index in [9.17, 15) is 9.59 Å². The summed E-state index contributed by atoms with van der Waals surface area (Å²) in [6.07, 6.45) is 0. The van der Waals surface area contributed by atoms with Gasteiger partial charge in [0.2, 0.25) is 5.91 Å².